The van der Waals surface area contributed by atoms with Crippen molar-refractivity contribution in [1.82, 2.24) is 10.2 Å². The lowest BCUT2D eigenvalue weighted by atomic mass is 10.2. The highest BCUT2D eigenvalue weighted by Crippen LogP contribution is 2.20. The molecule has 4 N–H and O–H groups in total. The quantitative estimate of drug-likeness (QED) is 0.509. The Morgan fingerprint density at radius 2 is 2.00 bits per heavy atom. The molecule has 0 unspecified atom stereocenters. The number of hydrogen-bond donors (Lipinski definition) is 3. The molecule has 0 spiro atoms. The Morgan fingerprint density at radius 1 is 1.23 bits per heavy atom. The zero-order valence-corrected chi connectivity index (χ0v) is 12.2. The second-order valence-corrected chi connectivity index (χ2v) is 4.76. The number of hydrogen-bond acceptors (Lipinski definition) is 3. The molecule has 0 saturated heterocycles. The maximum atomic E-state index is 5.94. The molecule has 0 bridgehead atoms. The van der Waals surface area contributed by atoms with Crippen LogP contribution < -0.4 is 15.8 Å². The standard InChI is InChI=1S/C16H17N5O/c1-22-14-9-5-2-6-11(14)10-18-16(17)19-15-12-7-3-4-8-13(12)20-21-15/h2-9H,10H2,1H3,(H4,17,18,19,20,21). The number of nitrogens with two attached hydrogens (primary N) is 1. The van der Waals surface area contributed by atoms with Crippen LogP contribution in [-0.4, -0.2) is 23.3 Å². The van der Waals surface area contributed by atoms with Crippen LogP contribution in [0.15, 0.2) is 53.5 Å². The summed E-state index contributed by atoms with van der Waals surface area (Å²) >= 11 is 0. The molecule has 112 valence electrons. The number of fused-ring (bicyclic) bond motifs is 1. The smallest absolute Gasteiger partial charge is 0.194 e. The summed E-state index contributed by atoms with van der Waals surface area (Å²) in [5.41, 5.74) is 7.86. The van der Waals surface area contributed by atoms with E-state index in [0.29, 0.717) is 18.3 Å². The zero-order chi connectivity index (χ0) is 15.4. The third-order valence-electron chi connectivity index (χ3n) is 3.33. The number of methoxy groups -OCH3 is 1. The average Bonchev–Trinajstić information content (AvgIpc) is 2.96. The molecular formula is C16H17N5O. The van der Waals surface area contributed by atoms with E-state index < -0.39 is 0 Å². The maximum Gasteiger partial charge on any atom is 0.194 e. The molecule has 1 heterocycles. The van der Waals surface area contributed by atoms with Crippen molar-refractivity contribution in [3.05, 3.63) is 54.1 Å². The van der Waals surface area contributed by atoms with E-state index in [2.05, 4.69) is 20.5 Å². The Morgan fingerprint density at radius 3 is 2.86 bits per heavy atom. The number of H-pyrrole nitrogens is 1. The minimum absolute atomic E-state index is 0.308. The maximum absolute atomic E-state index is 5.94. The van der Waals surface area contributed by atoms with Crippen molar-refractivity contribution in [2.45, 2.75) is 6.54 Å². The van der Waals surface area contributed by atoms with Gasteiger partial charge in [0.15, 0.2) is 11.8 Å². The summed E-state index contributed by atoms with van der Waals surface area (Å²) in [5.74, 6) is 1.77. The lowest BCUT2D eigenvalue weighted by Crippen LogP contribution is -2.23. The van der Waals surface area contributed by atoms with Crippen molar-refractivity contribution in [3.8, 4) is 5.75 Å². The third-order valence-corrected chi connectivity index (χ3v) is 3.33. The number of aliphatic imine (C=N–C) groups is 1. The highest BCUT2D eigenvalue weighted by atomic mass is 16.5. The van der Waals surface area contributed by atoms with Crippen molar-refractivity contribution in [3.63, 3.8) is 0 Å². The number of aromatic nitrogens is 2. The van der Waals surface area contributed by atoms with E-state index in [9.17, 15) is 0 Å². The first-order valence-corrected chi connectivity index (χ1v) is 6.90. The highest BCUT2D eigenvalue weighted by Gasteiger charge is 2.06. The number of para-hydroxylation sites is 2. The number of nitrogens with one attached hydrogen (secondary N) is 2. The Labute approximate surface area is 128 Å². The fourth-order valence-electron chi connectivity index (χ4n) is 2.22. The van der Waals surface area contributed by atoms with Crippen molar-refractivity contribution in [2.24, 2.45) is 10.7 Å². The number of rotatable bonds is 4. The van der Waals surface area contributed by atoms with Gasteiger partial charge >= 0.3 is 0 Å². The molecule has 3 rings (SSSR count). The first-order chi connectivity index (χ1) is 10.8. The molecule has 6 heteroatoms. The Hall–Kier alpha value is -3.02. The van der Waals surface area contributed by atoms with Gasteiger partial charge in [0.1, 0.15) is 5.75 Å². The van der Waals surface area contributed by atoms with Gasteiger partial charge in [-0.25, -0.2) is 4.99 Å². The fourth-order valence-corrected chi connectivity index (χ4v) is 2.22. The van der Waals surface area contributed by atoms with Gasteiger partial charge in [0.25, 0.3) is 0 Å². The molecule has 0 aliphatic heterocycles. The van der Waals surface area contributed by atoms with Crippen LogP contribution in [0, 0.1) is 0 Å². The molecule has 0 radical (unpaired) electrons. The molecule has 0 saturated carbocycles. The predicted octanol–water partition coefficient (Wildman–Crippen LogP) is 2.50. The van der Waals surface area contributed by atoms with Gasteiger partial charge in [-0.05, 0) is 18.2 Å². The number of ether oxygens (including phenoxy) is 1. The Balaban J connectivity index is 1.75. The van der Waals surface area contributed by atoms with Crippen LogP contribution in [0.25, 0.3) is 10.9 Å². The predicted molar refractivity (Wildman–Crippen MR) is 88.0 cm³/mol. The minimum Gasteiger partial charge on any atom is -0.496 e. The normalized spacial score (nSPS) is 11.6. The van der Waals surface area contributed by atoms with E-state index in [4.69, 9.17) is 10.5 Å². The van der Waals surface area contributed by atoms with Crippen molar-refractivity contribution in [1.29, 1.82) is 0 Å². The summed E-state index contributed by atoms with van der Waals surface area (Å²) < 4.78 is 5.29. The molecule has 1 aromatic heterocycles. The monoisotopic (exact) mass is 295 g/mol. The van der Waals surface area contributed by atoms with Gasteiger partial charge in [-0.1, -0.05) is 30.3 Å². The van der Waals surface area contributed by atoms with Crippen LogP contribution in [0.4, 0.5) is 5.82 Å². The Bertz CT molecular complexity index is 809. The second-order valence-electron chi connectivity index (χ2n) is 4.76. The Kier molecular flexibility index (Phi) is 3.91. The van der Waals surface area contributed by atoms with Gasteiger partial charge in [-0.3, -0.25) is 5.10 Å². The second kappa shape index (κ2) is 6.17. The largest absolute Gasteiger partial charge is 0.496 e. The van der Waals surface area contributed by atoms with Gasteiger partial charge in [0, 0.05) is 10.9 Å². The molecule has 0 atom stereocenters. The first kappa shape index (κ1) is 13.9. The van der Waals surface area contributed by atoms with E-state index in [1.54, 1.807) is 7.11 Å². The third kappa shape index (κ3) is 2.85. The number of nitrogens with zero attached hydrogens (tertiary/aromatic N) is 2. The van der Waals surface area contributed by atoms with Gasteiger partial charge in [0.2, 0.25) is 0 Å². The molecule has 0 aliphatic carbocycles. The molecule has 0 aliphatic rings. The topological polar surface area (TPSA) is 88.3 Å². The van der Waals surface area contributed by atoms with E-state index in [-0.39, 0.29) is 0 Å². The van der Waals surface area contributed by atoms with Crippen LogP contribution in [0.3, 0.4) is 0 Å². The van der Waals surface area contributed by atoms with Crippen LogP contribution in [0.5, 0.6) is 5.75 Å². The SMILES string of the molecule is COc1ccccc1CN=C(N)Nc1n[nH]c2ccccc12. The summed E-state index contributed by atoms with van der Waals surface area (Å²) in [5, 5.41) is 11.1. The number of benzene rings is 2. The highest BCUT2D eigenvalue weighted by molar-refractivity contribution is 6.00. The van der Waals surface area contributed by atoms with Crippen LogP contribution in [0.1, 0.15) is 5.56 Å². The summed E-state index contributed by atoms with van der Waals surface area (Å²) in [6, 6.07) is 15.5. The number of aromatic amines is 1. The van der Waals surface area contributed by atoms with E-state index in [1.165, 1.54) is 0 Å². The molecule has 22 heavy (non-hydrogen) atoms. The minimum atomic E-state index is 0.308. The molecule has 3 aromatic rings. The zero-order valence-electron chi connectivity index (χ0n) is 12.2. The summed E-state index contributed by atoms with van der Waals surface area (Å²) in [4.78, 5) is 4.33. The molecule has 6 nitrogen and oxygen atoms in total. The van der Waals surface area contributed by atoms with Crippen LogP contribution >= 0.6 is 0 Å². The number of anilines is 1. The van der Waals surface area contributed by atoms with Crippen molar-refractivity contribution >= 4 is 22.7 Å². The van der Waals surface area contributed by atoms with Crippen molar-refractivity contribution in [2.75, 3.05) is 12.4 Å². The lowest BCUT2D eigenvalue weighted by Gasteiger charge is -2.06. The van der Waals surface area contributed by atoms with E-state index >= 15 is 0 Å². The molecule has 2 aromatic carbocycles. The summed E-state index contributed by atoms with van der Waals surface area (Å²) in [6.45, 7) is 0.436. The fraction of sp³-hybridized carbons (Fsp3) is 0.125. The van der Waals surface area contributed by atoms with Gasteiger partial charge < -0.3 is 15.8 Å². The van der Waals surface area contributed by atoms with E-state index in [0.717, 1.165) is 22.2 Å². The molecular weight excluding hydrogens is 278 g/mol. The lowest BCUT2D eigenvalue weighted by molar-refractivity contribution is 0.410. The summed E-state index contributed by atoms with van der Waals surface area (Å²) in [6.07, 6.45) is 0. The molecule has 0 fully saturated rings. The van der Waals surface area contributed by atoms with Gasteiger partial charge in [-0.2, -0.15) is 5.10 Å². The van der Waals surface area contributed by atoms with E-state index in [1.807, 2.05) is 48.5 Å². The summed E-state index contributed by atoms with van der Waals surface area (Å²) in [7, 11) is 1.64. The molecule has 0 amide bonds. The van der Waals surface area contributed by atoms with Gasteiger partial charge in [0.05, 0.1) is 19.2 Å². The first-order valence-electron chi connectivity index (χ1n) is 6.90. The van der Waals surface area contributed by atoms with Crippen LogP contribution in [-0.2, 0) is 6.54 Å². The average molecular weight is 295 g/mol. The van der Waals surface area contributed by atoms with Gasteiger partial charge in [-0.15, -0.1) is 0 Å². The number of guanidine groups is 1. The van der Waals surface area contributed by atoms with Crippen molar-refractivity contribution < 1.29 is 4.74 Å². The van der Waals surface area contributed by atoms with Crippen LogP contribution in [0.2, 0.25) is 0 Å².